The average molecular weight is 297 g/mol. The third-order valence-electron chi connectivity index (χ3n) is 2.58. The summed E-state index contributed by atoms with van der Waals surface area (Å²) in [5.74, 6) is -1.29. The summed E-state index contributed by atoms with van der Waals surface area (Å²) in [6.07, 6.45) is 3.48. The van der Waals surface area contributed by atoms with Gasteiger partial charge in [0.15, 0.2) is 0 Å². The zero-order chi connectivity index (χ0) is 15.8. The zero-order valence-electron chi connectivity index (χ0n) is 12.0. The summed E-state index contributed by atoms with van der Waals surface area (Å²) in [6.45, 7) is 2.00. The smallest absolute Gasteiger partial charge is 0.325 e. The monoisotopic (exact) mass is 297 g/mol. The van der Waals surface area contributed by atoms with Crippen LogP contribution in [0.5, 0.6) is 0 Å². The third-order valence-corrected chi connectivity index (χ3v) is 2.58. The van der Waals surface area contributed by atoms with Crippen LogP contribution in [-0.4, -0.2) is 57.8 Å². The second-order valence-corrected chi connectivity index (χ2v) is 4.35. The van der Waals surface area contributed by atoms with Gasteiger partial charge in [0.25, 0.3) is 0 Å². The molecule has 3 amide bonds. The summed E-state index contributed by atoms with van der Waals surface area (Å²) in [7, 11) is 1.50. The molecule has 3 N–H and O–H groups in total. The van der Waals surface area contributed by atoms with E-state index < -0.39 is 12.0 Å². The van der Waals surface area contributed by atoms with E-state index in [9.17, 15) is 14.4 Å². The second-order valence-electron chi connectivity index (χ2n) is 4.35. The van der Waals surface area contributed by atoms with Gasteiger partial charge in [0, 0.05) is 19.8 Å². The van der Waals surface area contributed by atoms with Gasteiger partial charge in [-0.3, -0.25) is 14.3 Å². The number of hydrogen-bond donors (Lipinski definition) is 3. The molecule has 0 aliphatic heterocycles. The number of urea groups is 1. The number of nitrogens with one attached hydrogen (secondary N) is 2. The molecule has 0 fully saturated rings. The van der Waals surface area contributed by atoms with Gasteiger partial charge in [-0.25, -0.2) is 4.79 Å². The zero-order valence-corrected chi connectivity index (χ0v) is 12.0. The van der Waals surface area contributed by atoms with E-state index in [1.165, 1.54) is 29.0 Å². The van der Waals surface area contributed by atoms with Crippen LogP contribution in [0.2, 0.25) is 0 Å². The molecule has 0 spiro atoms. The summed E-state index contributed by atoms with van der Waals surface area (Å²) in [5, 5.41) is 17.5. The van der Waals surface area contributed by atoms with Gasteiger partial charge in [0.2, 0.25) is 5.91 Å². The van der Waals surface area contributed by atoms with Crippen LogP contribution in [0.4, 0.5) is 10.5 Å². The minimum Gasteiger partial charge on any atom is -0.480 e. The number of aromatic nitrogens is 2. The fourth-order valence-electron chi connectivity index (χ4n) is 1.63. The molecule has 1 aromatic rings. The Kier molecular flexibility index (Phi) is 6.18. The highest BCUT2D eigenvalue weighted by molar-refractivity contribution is 5.92. The molecule has 0 aromatic carbocycles. The highest BCUT2D eigenvalue weighted by Crippen LogP contribution is 2.07. The lowest BCUT2D eigenvalue weighted by atomic mass is 10.4. The topological polar surface area (TPSA) is 117 Å². The number of hydrogen-bond acceptors (Lipinski definition) is 4. The summed E-state index contributed by atoms with van der Waals surface area (Å²) >= 11 is 0. The van der Waals surface area contributed by atoms with Crippen molar-refractivity contribution in [3.63, 3.8) is 0 Å². The molecular weight excluding hydrogens is 278 g/mol. The number of aliphatic carboxylic acids is 1. The first kappa shape index (κ1) is 16.5. The Hall–Kier alpha value is -2.58. The number of carboxylic acids is 1. The van der Waals surface area contributed by atoms with E-state index >= 15 is 0 Å². The fourth-order valence-corrected chi connectivity index (χ4v) is 1.63. The molecule has 21 heavy (non-hydrogen) atoms. The van der Waals surface area contributed by atoms with Gasteiger partial charge in [-0.15, -0.1) is 0 Å². The number of anilines is 1. The highest BCUT2D eigenvalue weighted by Gasteiger charge is 2.16. The van der Waals surface area contributed by atoms with E-state index in [4.69, 9.17) is 5.11 Å². The van der Waals surface area contributed by atoms with Gasteiger partial charge in [0.05, 0.1) is 11.9 Å². The quantitative estimate of drug-likeness (QED) is 0.653. The molecule has 0 bridgehead atoms. The molecule has 0 saturated heterocycles. The minimum atomic E-state index is -1.02. The predicted molar refractivity (Wildman–Crippen MR) is 74.8 cm³/mol. The summed E-state index contributed by atoms with van der Waals surface area (Å²) in [5.41, 5.74) is 0.374. The predicted octanol–water partition coefficient (Wildman–Crippen LogP) is -0.0424. The maximum Gasteiger partial charge on any atom is 0.325 e. The van der Waals surface area contributed by atoms with Crippen molar-refractivity contribution in [3.05, 3.63) is 12.4 Å². The van der Waals surface area contributed by atoms with Crippen LogP contribution in [0.15, 0.2) is 12.4 Å². The molecule has 9 nitrogen and oxygen atoms in total. The van der Waals surface area contributed by atoms with Gasteiger partial charge in [-0.05, 0) is 6.42 Å². The molecule has 0 aliphatic rings. The van der Waals surface area contributed by atoms with Gasteiger partial charge >= 0.3 is 12.0 Å². The molecule has 1 aromatic heterocycles. The van der Waals surface area contributed by atoms with Crippen molar-refractivity contribution in [3.8, 4) is 0 Å². The van der Waals surface area contributed by atoms with Crippen molar-refractivity contribution >= 4 is 23.6 Å². The Balaban J connectivity index is 2.65. The first-order valence-electron chi connectivity index (χ1n) is 6.47. The fraction of sp³-hybridized carbons (Fsp3) is 0.500. The largest absolute Gasteiger partial charge is 0.480 e. The van der Waals surface area contributed by atoms with Crippen molar-refractivity contribution in [2.45, 2.75) is 19.9 Å². The van der Waals surface area contributed by atoms with Crippen molar-refractivity contribution in [1.82, 2.24) is 20.0 Å². The number of likely N-dealkylation sites (N-methyl/N-ethyl adjacent to an activating group) is 1. The van der Waals surface area contributed by atoms with Crippen LogP contribution >= 0.6 is 0 Å². The lowest BCUT2D eigenvalue weighted by Gasteiger charge is -2.21. The molecule has 1 heterocycles. The standard InChI is InChI=1S/C12H19N5O4/c1-3-4-16(7-10(18)13-2)12(21)15-9-5-14-17(6-9)8-11(19)20/h5-6H,3-4,7-8H2,1-2H3,(H,13,18)(H,15,21)(H,19,20). The van der Waals surface area contributed by atoms with E-state index in [0.29, 0.717) is 18.7 Å². The maximum atomic E-state index is 12.1. The Morgan fingerprint density at radius 3 is 2.71 bits per heavy atom. The molecule has 0 saturated carbocycles. The number of amides is 3. The Morgan fingerprint density at radius 2 is 2.14 bits per heavy atom. The normalized spacial score (nSPS) is 10.0. The van der Waals surface area contributed by atoms with E-state index in [2.05, 4.69) is 15.7 Å². The van der Waals surface area contributed by atoms with E-state index in [1.807, 2.05) is 6.92 Å². The van der Waals surface area contributed by atoms with E-state index in [0.717, 1.165) is 0 Å². The molecule has 0 atom stereocenters. The number of rotatable bonds is 7. The number of nitrogens with zero attached hydrogens (tertiary/aromatic N) is 3. The first-order valence-corrected chi connectivity index (χ1v) is 6.47. The van der Waals surface area contributed by atoms with Crippen LogP contribution in [0.25, 0.3) is 0 Å². The molecule has 1 rings (SSSR count). The maximum absolute atomic E-state index is 12.1. The van der Waals surface area contributed by atoms with Gasteiger partial charge in [-0.2, -0.15) is 5.10 Å². The molecule has 0 unspecified atom stereocenters. The van der Waals surface area contributed by atoms with Crippen molar-refractivity contribution in [2.75, 3.05) is 25.5 Å². The van der Waals surface area contributed by atoms with Crippen LogP contribution in [0.3, 0.4) is 0 Å². The Morgan fingerprint density at radius 1 is 1.43 bits per heavy atom. The molecule has 0 radical (unpaired) electrons. The van der Waals surface area contributed by atoms with Gasteiger partial charge < -0.3 is 20.6 Å². The van der Waals surface area contributed by atoms with E-state index in [-0.39, 0.29) is 19.0 Å². The molecular formula is C12H19N5O4. The van der Waals surface area contributed by atoms with Crippen LogP contribution in [0.1, 0.15) is 13.3 Å². The van der Waals surface area contributed by atoms with E-state index in [1.54, 1.807) is 0 Å². The van der Waals surface area contributed by atoms with Crippen LogP contribution < -0.4 is 10.6 Å². The molecule has 9 heteroatoms. The number of carbonyl (C=O) groups excluding carboxylic acids is 2. The lowest BCUT2D eigenvalue weighted by molar-refractivity contribution is -0.137. The number of carboxylic acid groups (broad SMARTS) is 1. The number of carbonyl (C=O) groups is 3. The SMILES string of the molecule is CCCN(CC(=O)NC)C(=O)Nc1cnn(CC(=O)O)c1. The summed E-state index contributed by atoms with van der Waals surface area (Å²) in [4.78, 5) is 35.3. The highest BCUT2D eigenvalue weighted by atomic mass is 16.4. The average Bonchev–Trinajstić information content (AvgIpc) is 2.84. The molecule has 116 valence electrons. The van der Waals surface area contributed by atoms with Crippen LogP contribution in [0, 0.1) is 0 Å². The minimum absolute atomic E-state index is 0.0422. The van der Waals surface area contributed by atoms with Gasteiger partial charge in [-0.1, -0.05) is 6.92 Å². The van der Waals surface area contributed by atoms with Crippen molar-refractivity contribution in [2.24, 2.45) is 0 Å². The summed E-state index contributed by atoms with van der Waals surface area (Å²) in [6, 6.07) is -0.435. The Bertz CT molecular complexity index is 514. The van der Waals surface area contributed by atoms with Gasteiger partial charge in [0.1, 0.15) is 13.1 Å². The van der Waals surface area contributed by atoms with Crippen molar-refractivity contribution < 1.29 is 19.5 Å². The van der Waals surface area contributed by atoms with Crippen LogP contribution in [-0.2, 0) is 16.1 Å². The third kappa shape index (κ3) is 5.51. The lowest BCUT2D eigenvalue weighted by Crippen LogP contribution is -2.42. The summed E-state index contributed by atoms with van der Waals surface area (Å²) < 4.78 is 1.20. The Labute approximate surface area is 121 Å². The second kappa shape index (κ2) is 7.88. The van der Waals surface area contributed by atoms with Crippen molar-refractivity contribution in [1.29, 1.82) is 0 Å². The first-order chi connectivity index (χ1) is 9.96. The molecule has 0 aliphatic carbocycles.